The van der Waals surface area contributed by atoms with Gasteiger partial charge in [-0.25, -0.2) is 28.5 Å². The van der Waals surface area contributed by atoms with Crippen molar-refractivity contribution in [1.29, 1.82) is 0 Å². The summed E-state index contributed by atoms with van der Waals surface area (Å²) in [5, 5.41) is 14.7. The van der Waals surface area contributed by atoms with Gasteiger partial charge in [-0.2, -0.15) is 15.3 Å². The van der Waals surface area contributed by atoms with E-state index in [0.717, 1.165) is 212 Å². The van der Waals surface area contributed by atoms with Crippen LogP contribution in [0.4, 0.5) is 17.5 Å². The van der Waals surface area contributed by atoms with Crippen molar-refractivity contribution < 1.29 is 14.4 Å². The molecule has 0 spiro atoms. The van der Waals surface area contributed by atoms with Crippen molar-refractivity contribution in [3.63, 3.8) is 0 Å². The molecule has 552 valence electrons. The van der Waals surface area contributed by atoms with Crippen LogP contribution in [-0.4, -0.2) is 150 Å². The minimum absolute atomic E-state index is 0.0366. The van der Waals surface area contributed by atoms with Crippen LogP contribution < -0.4 is 14.7 Å². The van der Waals surface area contributed by atoms with Crippen LogP contribution in [0.5, 0.6) is 0 Å². The summed E-state index contributed by atoms with van der Waals surface area (Å²) in [7, 11) is 0. The summed E-state index contributed by atoms with van der Waals surface area (Å²) in [6.07, 6.45) is 27.7. The highest BCUT2D eigenvalue weighted by molar-refractivity contribution is 6.01. The predicted molar refractivity (Wildman–Crippen MR) is 423 cm³/mol. The summed E-state index contributed by atoms with van der Waals surface area (Å²) < 4.78 is 5.64. The van der Waals surface area contributed by atoms with Crippen LogP contribution in [0.15, 0.2) is 183 Å². The fourth-order valence-electron chi connectivity index (χ4n) is 17.0. The highest BCUT2D eigenvalue weighted by Gasteiger charge is 2.36. The van der Waals surface area contributed by atoms with Crippen molar-refractivity contribution in [2.75, 3.05) is 73.6 Å². The van der Waals surface area contributed by atoms with E-state index >= 15 is 0 Å². The Bertz CT molecular complexity index is 5000. The molecule has 6 fully saturated rings. The van der Waals surface area contributed by atoms with E-state index in [1.807, 2.05) is 144 Å². The lowest BCUT2D eigenvalue weighted by molar-refractivity contribution is 0.0594. The normalized spacial score (nSPS) is 20.3. The van der Waals surface area contributed by atoms with Crippen molar-refractivity contribution in [2.45, 2.75) is 137 Å². The van der Waals surface area contributed by atoms with Gasteiger partial charge in [0.15, 0.2) is 16.9 Å². The van der Waals surface area contributed by atoms with E-state index in [0.29, 0.717) is 41.1 Å². The molecule has 21 heteroatoms. The van der Waals surface area contributed by atoms with Crippen LogP contribution in [-0.2, 0) is 0 Å². The smallest absolute Gasteiger partial charge is 0.273 e. The number of hydrogen-bond acceptors (Lipinski definition) is 15. The average Bonchev–Trinajstić information content (AvgIpc) is 1.68. The summed E-state index contributed by atoms with van der Waals surface area (Å²) in [5.41, 5.74) is 16.5. The van der Waals surface area contributed by atoms with E-state index in [4.69, 9.17) is 30.2 Å². The second kappa shape index (κ2) is 31.3. The topological polar surface area (TPSA) is 200 Å². The van der Waals surface area contributed by atoms with E-state index in [1.54, 1.807) is 18.6 Å². The molecular formula is C87H96N18O3. The first-order chi connectivity index (χ1) is 52.7. The van der Waals surface area contributed by atoms with Crippen LogP contribution in [0, 0.1) is 38.5 Å². The van der Waals surface area contributed by atoms with Gasteiger partial charge in [0.25, 0.3) is 17.7 Å². The quantitative estimate of drug-likeness (QED) is 0.112. The molecule has 15 heterocycles. The Morgan fingerprint density at radius 2 is 0.815 bits per heavy atom. The summed E-state index contributed by atoms with van der Waals surface area (Å²) in [6, 6.07) is 43.5. The van der Waals surface area contributed by atoms with Gasteiger partial charge in [-0.3, -0.25) is 29.3 Å². The number of anilines is 3. The summed E-state index contributed by atoms with van der Waals surface area (Å²) in [5.74, 6) is 5.31. The van der Waals surface area contributed by atoms with Gasteiger partial charge in [-0.1, -0.05) is 93.6 Å². The number of fused-ring (bicyclic) bond motifs is 3. The molecule has 18 rings (SSSR count). The molecule has 108 heavy (non-hydrogen) atoms. The van der Waals surface area contributed by atoms with E-state index in [9.17, 15) is 14.4 Å². The Hall–Kier alpha value is -11.2. The van der Waals surface area contributed by atoms with Gasteiger partial charge in [0, 0.05) is 166 Å². The van der Waals surface area contributed by atoms with Gasteiger partial charge in [-0.15, -0.1) is 0 Å². The number of rotatable bonds is 12. The van der Waals surface area contributed by atoms with Crippen LogP contribution >= 0.6 is 0 Å². The molecule has 0 radical (unpaired) electrons. The third-order valence-electron chi connectivity index (χ3n) is 22.7. The number of piperidine rings is 3. The zero-order chi connectivity index (χ0) is 73.9. The number of benzene rings is 3. The lowest BCUT2D eigenvalue weighted by Gasteiger charge is -2.35. The van der Waals surface area contributed by atoms with Crippen molar-refractivity contribution in [2.24, 2.45) is 17.8 Å². The Kier molecular flexibility index (Phi) is 20.6. The Morgan fingerprint density at radius 3 is 1.29 bits per heavy atom. The molecule has 0 saturated carbocycles. The fraction of sp³-hybridized carbons (Fsp3) is 0.379. The van der Waals surface area contributed by atoms with E-state index in [1.165, 1.54) is 19.3 Å². The number of likely N-dealkylation sites (tertiary alicyclic amines) is 3. The van der Waals surface area contributed by atoms with Crippen LogP contribution in [0.1, 0.15) is 181 Å². The molecule has 0 bridgehead atoms. The maximum atomic E-state index is 14.0. The Balaban J connectivity index is 0.000000124. The number of nitrogens with zero attached hydrogens (tertiary/aromatic N) is 18. The van der Waals surface area contributed by atoms with E-state index in [-0.39, 0.29) is 35.8 Å². The first-order valence-corrected chi connectivity index (χ1v) is 39.0. The largest absolute Gasteiger partial charge is 0.356 e. The monoisotopic (exact) mass is 1440 g/mol. The van der Waals surface area contributed by atoms with Gasteiger partial charge >= 0.3 is 0 Å². The first-order valence-electron chi connectivity index (χ1n) is 39.0. The van der Waals surface area contributed by atoms with Gasteiger partial charge in [-0.05, 0) is 180 Å². The molecule has 0 N–H and O–H groups in total. The minimum atomic E-state index is -0.0781. The van der Waals surface area contributed by atoms with Gasteiger partial charge in [0.2, 0.25) is 0 Å². The second-order valence-electron chi connectivity index (χ2n) is 30.8. The van der Waals surface area contributed by atoms with Crippen LogP contribution in [0.25, 0.3) is 50.3 Å². The number of aromatic nitrogens is 12. The zero-order valence-corrected chi connectivity index (χ0v) is 62.9. The lowest BCUT2D eigenvalue weighted by atomic mass is 9.95. The molecule has 6 atom stereocenters. The van der Waals surface area contributed by atoms with Crippen molar-refractivity contribution in [3.05, 3.63) is 234 Å². The predicted octanol–water partition coefficient (Wildman–Crippen LogP) is 15.9. The molecule has 6 aliphatic rings. The Labute approximate surface area is 631 Å². The average molecular weight is 1440 g/mol. The molecule has 0 unspecified atom stereocenters. The molecule has 0 aliphatic carbocycles. The zero-order valence-electron chi connectivity index (χ0n) is 62.9. The maximum absolute atomic E-state index is 14.0. The van der Waals surface area contributed by atoms with E-state index in [2.05, 4.69) is 120 Å². The van der Waals surface area contributed by atoms with Gasteiger partial charge in [0.05, 0.1) is 35.2 Å². The molecule has 21 nitrogen and oxygen atoms in total. The van der Waals surface area contributed by atoms with Gasteiger partial charge < -0.3 is 29.4 Å². The SMILES string of the molecule is Cc1cn2nc([C@@H]3CCCCN3C(=O)c3cc(-c4ccccc4)ccn3)cc2nc1N1CC[C@H](C)C1.Cc1cn2nc([C@@H]3CCCCN3C(=O)c3cccc(-c4cccnc4)c3)cc2nc1N1CC[C@H](C)C1.Cc1cn2nc([C@@H]3CCCCN3C(=O)c3ccccc3-c3cccnc3)cc2nc1N1CC[C@H](C)C1. The molecule has 6 aliphatic heterocycles. The molecule has 3 aromatic carbocycles. The summed E-state index contributed by atoms with van der Waals surface area (Å²) >= 11 is 0. The maximum Gasteiger partial charge on any atom is 0.273 e. The van der Waals surface area contributed by atoms with Crippen molar-refractivity contribution >= 4 is 52.1 Å². The third-order valence-corrected chi connectivity index (χ3v) is 22.7. The first kappa shape index (κ1) is 71.1. The number of amides is 3. The highest BCUT2D eigenvalue weighted by Crippen LogP contribution is 2.39. The third kappa shape index (κ3) is 15.0. The minimum Gasteiger partial charge on any atom is -0.356 e. The number of carbonyl (C=O) groups is 3. The van der Waals surface area contributed by atoms with Crippen molar-refractivity contribution in [3.8, 4) is 33.4 Å². The van der Waals surface area contributed by atoms with E-state index < -0.39 is 0 Å². The molecule has 6 saturated heterocycles. The molecule has 12 aromatic rings. The van der Waals surface area contributed by atoms with Crippen LogP contribution in [0.2, 0.25) is 0 Å². The second-order valence-corrected chi connectivity index (χ2v) is 30.8. The summed E-state index contributed by atoms with van der Waals surface area (Å²) in [6.45, 7) is 21.7. The van der Waals surface area contributed by atoms with Crippen molar-refractivity contribution in [1.82, 2.24) is 73.4 Å². The van der Waals surface area contributed by atoms with Crippen LogP contribution in [0.3, 0.4) is 0 Å². The number of carbonyl (C=O) groups excluding carboxylic acids is 3. The van der Waals surface area contributed by atoms with Gasteiger partial charge in [0.1, 0.15) is 23.1 Å². The molecular weight excluding hydrogens is 1350 g/mol. The molecule has 3 amide bonds. The Morgan fingerprint density at radius 1 is 0.380 bits per heavy atom. The number of hydrogen-bond donors (Lipinski definition) is 0. The standard InChI is InChI=1S/3C29H32N6O/c1-20-11-14-33(18-20)28-21(2)19-35-27(31-28)16-25(32-35)26-10-3-4-13-34(26)29(36)23-8-5-7-22(15-23)24-9-6-12-30-17-24;1-20-12-15-33(18-20)28-21(2)19-35-27(31-28)16-25(32-35)26-11-5-6-14-34(26)29(36)24-10-4-3-9-23(24)22-8-7-13-30-17-22;1-20-12-15-33(18-20)28-21(2)19-35-27(31-28)17-24(32-35)26-10-6-7-14-34(26)29(36)25-16-23(11-13-30-25)22-8-4-3-5-9-22/h5-9,12,15-17,19-20,26H,3-4,10-11,13-14,18H2,1-2H3;3-4,7-10,13,16-17,19-20,26H,5-6,11-12,14-15,18H2,1-2H3;3-5,8-9,11,13,16-17,19-20,26H,6-7,10,12,14-15,18H2,1-2H3/t3*20-,26-/m000/s1. The molecule has 9 aromatic heterocycles. The lowest BCUT2D eigenvalue weighted by Crippen LogP contribution is -2.39. The number of aryl methyl sites for hydroxylation is 3. The fourth-order valence-corrected chi connectivity index (χ4v) is 17.0. The highest BCUT2D eigenvalue weighted by atomic mass is 16.2. The number of pyridine rings is 3. The summed E-state index contributed by atoms with van der Waals surface area (Å²) in [4.78, 5) is 82.5.